The minimum atomic E-state index is -0.813. The van der Waals surface area contributed by atoms with Gasteiger partial charge in [-0.25, -0.2) is 0 Å². The second-order valence-electron chi connectivity index (χ2n) is 5.34. The first-order chi connectivity index (χ1) is 7.02. The lowest BCUT2D eigenvalue weighted by Gasteiger charge is -2.32. The Bertz CT molecular complexity index is 265. The number of aliphatic hydroxyl groups excluding tert-OH is 1. The molecule has 2 saturated heterocycles. The second-order valence-corrected chi connectivity index (χ2v) is 5.34. The van der Waals surface area contributed by atoms with E-state index in [4.69, 9.17) is 0 Å². The van der Waals surface area contributed by atoms with Gasteiger partial charge in [-0.1, -0.05) is 13.8 Å². The standard InChI is InChI=1S/C11H20N2O2.ClH/c1-11(2)7-13(10(15)9(11)14)8-3-5-12-6-4-8;/h8-9,12,14H,3-7H2,1-2H3;1H. The summed E-state index contributed by atoms with van der Waals surface area (Å²) in [4.78, 5) is 13.8. The van der Waals surface area contributed by atoms with Crippen molar-refractivity contribution < 1.29 is 9.90 Å². The molecule has 2 aliphatic heterocycles. The summed E-state index contributed by atoms with van der Waals surface area (Å²) in [5.74, 6) is -0.0769. The number of aliphatic hydroxyl groups is 1. The van der Waals surface area contributed by atoms with Crippen LogP contribution in [0.2, 0.25) is 0 Å². The van der Waals surface area contributed by atoms with Crippen molar-refractivity contribution in [2.45, 2.75) is 38.8 Å². The molecule has 2 N–H and O–H groups in total. The molecule has 2 fully saturated rings. The molecule has 1 atom stereocenters. The summed E-state index contributed by atoms with van der Waals surface area (Å²) in [6.07, 6.45) is 1.20. The van der Waals surface area contributed by atoms with E-state index in [1.165, 1.54) is 0 Å². The molecule has 0 aromatic heterocycles. The monoisotopic (exact) mass is 248 g/mol. The fraction of sp³-hybridized carbons (Fsp3) is 0.909. The van der Waals surface area contributed by atoms with Gasteiger partial charge in [-0.3, -0.25) is 4.79 Å². The molecular weight excluding hydrogens is 228 g/mol. The number of carbonyl (C=O) groups excluding carboxylic acids is 1. The van der Waals surface area contributed by atoms with Gasteiger partial charge in [0.15, 0.2) is 0 Å². The Morgan fingerprint density at radius 3 is 2.38 bits per heavy atom. The normalized spacial score (nSPS) is 30.3. The first-order valence-electron chi connectivity index (χ1n) is 5.71. The van der Waals surface area contributed by atoms with Crippen LogP contribution in [0.15, 0.2) is 0 Å². The Hall–Kier alpha value is -0.320. The second kappa shape index (κ2) is 4.90. The summed E-state index contributed by atoms with van der Waals surface area (Å²) in [7, 11) is 0. The molecule has 1 unspecified atom stereocenters. The Balaban J connectivity index is 0.00000128. The zero-order chi connectivity index (χ0) is 11.1. The third-order valence-corrected chi connectivity index (χ3v) is 3.58. The van der Waals surface area contributed by atoms with Gasteiger partial charge in [-0.2, -0.15) is 0 Å². The molecule has 2 aliphatic rings. The summed E-state index contributed by atoms with van der Waals surface area (Å²) in [6, 6.07) is 0.329. The van der Waals surface area contributed by atoms with E-state index >= 15 is 0 Å². The van der Waals surface area contributed by atoms with Crippen molar-refractivity contribution in [3.63, 3.8) is 0 Å². The number of carbonyl (C=O) groups is 1. The molecule has 0 aromatic carbocycles. The lowest BCUT2D eigenvalue weighted by atomic mass is 9.90. The van der Waals surface area contributed by atoms with Crippen molar-refractivity contribution in [1.82, 2.24) is 10.2 Å². The van der Waals surface area contributed by atoms with Gasteiger partial charge < -0.3 is 15.3 Å². The SMILES string of the molecule is CC1(C)CN(C2CCNCC2)C(=O)C1O.Cl. The van der Waals surface area contributed by atoms with Crippen molar-refractivity contribution in [3.05, 3.63) is 0 Å². The van der Waals surface area contributed by atoms with Gasteiger partial charge in [0.25, 0.3) is 5.91 Å². The van der Waals surface area contributed by atoms with E-state index in [0.29, 0.717) is 12.6 Å². The smallest absolute Gasteiger partial charge is 0.252 e. The Morgan fingerprint density at radius 1 is 1.38 bits per heavy atom. The average molecular weight is 249 g/mol. The molecule has 2 rings (SSSR count). The topological polar surface area (TPSA) is 52.6 Å². The van der Waals surface area contributed by atoms with Gasteiger partial charge in [0.2, 0.25) is 0 Å². The number of hydrogen-bond acceptors (Lipinski definition) is 3. The molecule has 0 saturated carbocycles. The summed E-state index contributed by atoms with van der Waals surface area (Å²) >= 11 is 0. The van der Waals surface area contributed by atoms with Crippen LogP contribution in [0.3, 0.4) is 0 Å². The zero-order valence-electron chi connectivity index (χ0n) is 9.90. The Kier molecular flexibility index (Phi) is 4.21. The molecule has 1 amide bonds. The van der Waals surface area contributed by atoms with Gasteiger partial charge in [0.05, 0.1) is 0 Å². The number of amides is 1. The van der Waals surface area contributed by atoms with Gasteiger partial charge in [-0.05, 0) is 25.9 Å². The predicted molar refractivity (Wildman–Crippen MR) is 64.6 cm³/mol. The van der Waals surface area contributed by atoms with Crippen LogP contribution in [-0.2, 0) is 4.79 Å². The number of likely N-dealkylation sites (tertiary alicyclic amines) is 1. The fourth-order valence-electron chi connectivity index (χ4n) is 2.52. The highest BCUT2D eigenvalue weighted by Crippen LogP contribution is 2.33. The molecule has 0 bridgehead atoms. The number of piperidine rings is 1. The van der Waals surface area contributed by atoms with Crippen LogP contribution in [0.1, 0.15) is 26.7 Å². The highest BCUT2D eigenvalue weighted by atomic mass is 35.5. The largest absolute Gasteiger partial charge is 0.383 e. The van der Waals surface area contributed by atoms with E-state index < -0.39 is 6.10 Å². The van der Waals surface area contributed by atoms with Crippen LogP contribution in [0, 0.1) is 5.41 Å². The fourth-order valence-corrected chi connectivity index (χ4v) is 2.52. The first-order valence-corrected chi connectivity index (χ1v) is 5.71. The van der Waals surface area contributed by atoms with E-state index in [1.807, 2.05) is 18.7 Å². The highest BCUT2D eigenvalue weighted by Gasteiger charge is 2.47. The molecule has 0 aliphatic carbocycles. The summed E-state index contributed by atoms with van der Waals surface area (Å²) in [5, 5.41) is 13.1. The summed E-state index contributed by atoms with van der Waals surface area (Å²) in [5.41, 5.74) is -0.290. The van der Waals surface area contributed by atoms with Crippen molar-refractivity contribution in [2.24, 2.45) is 5.41 Å². The molecule has 5 heteroatoms. The van der Waals surface area contributed by atoms with Crippen LogP contribution in [0.4, 0.5) is 0 Å². The van der Waals surface area contributed by atoms with Crippen LogP contribution in [-0.4, -0.2) is 47.7 Å². The molecule has 0 radical (unpaired) electrons. The Labute approximate surface area is 103 Å². The van der Waals surface area contributed by atoms with Crippen molar-refractivity contribution in [1.29, 1.82) is 0 Å². The summed E-state index contributed by atoms with van der Waals surface area (Å²) < 4.78 is 0. The van der Waals surface area contributed by atoms with Gasteiger partial charge in [0, 0.05) is 18.0 Å². The summed E-state index contributed by atoms with van der Waals surface area (Å²) in [6.45, 7) is 6.56. The van der Waals surface area contributed by atoms with Crippen LogP contribution >= 0.6 is 12.4 Å². The first kappa shape index (κ1) is 13.7. The van der Waals surface area contributed by atoms with Gasteiger partial charge >= 0.3 is 0 Å². The molecule has 4 nitrogen and oxygen atoms in total. The van der Waals surface area contributed by atoms with Crippen molar-refractivity contribution in [3.8, 4) is 0 Å². The number of nitrogens with zero attached hydrogens (tertiary/aromatic N) is 1. The molecule has 16 heavy (non-hydrogen) atoms. The van der Waals surface area contributed by atoms with E-state index in [0.717, 1.165) is 25.9 Å². The number of hydrogen-bond donors (Lipinski definition) is 2. The molecular formula is C11H21ClN2O2. The maximum absolute atomic E-state index is 11.9. The number of nitrogens with one attached hydrogen (secondary N) is 1. The minimum absolute atomic E-state index is 0. The molecule has 0 spiro atoms. The van der Waals surface area contributed by atoms with Crippen LogP contribution < -0.4 is 5.32 Å². The van der Waals surface area contributed by atoms with Gasteiger partial charge in [-0.15, -0.1) is 12.4 Å². The van der Waals surface area contributed by atoms with E-state index in [1.54, 1.807) is 0 Å². The third kappa shape index (κ3) is 2.34. The van der Waals surface area contributed by atoms with E-state index in [2.05, 4.69) is 5.32 Å². The van der Waals surface area contributed by atoms with E-state index in [9.17, 15) is 9.90 Å². The van der Waals surface area contributed by atoms with Crippen LogP contribution in [0.5, 0.6) is 0 Å². The predicted octanol–water partition coefficient (Wildman–Crippen LogP) is 0.389. The third-order valence-electron chi connectivity index (χ3n) is 3.58. The average Bonchev–Trinajstić information content (AvgIpc) is 2.44. The molecule has 94 valence electrons. The molecule has 2 heterocycles. The zero-order valence-corrected chi connectivity index (χ0v) is 10.7. The van der Waals surface area contributed by atoms with Crippen LogP contribution in [0.25, 0.3) is 0 Å². The highest BCUT2D eigenvalue weighted by molar-refractivity contribution is 5.85. The lowest BCUT2D eigenvalue weighted by molar-refractivity contribution is -0.137. The maximum Gasteiger partial charge on any atom is 0.252 e. The number of rotatable bonds is 1. The van der Waals surface area contributed by atoms with Crippen molar-refractivity contribution >= 4 is 18.3 Å². The van der Waals surface area contributed by atoms with E-state index in [-0.39, 0.29) is 23.7 Å². The van der Waals surface area contributed by atoms with Crippen molar-refractivity contribution in [2.75, 3.05) is 19.6 Å². The quantitative estimate of drug-likeness (QED) is 0.706. The Morgan fingerprint density at radius 2 is 1.94 bits per heavy atom. The minimum Gasteiger partial charge on any atom is -0.383 e. The lowest BCUT2D eigenvalue weighted by Crippen LogP contribution is -2.44. The molecule has 0 aromatic rings. The number of halogens is 1. The maximum atomic E-state index is 11.9. The van der Waals surface area contributed by atoms with Gasteiger partial charge in [0.1, 0.15) is 6.10 Å².